The van der Waals surface area contributed by atoms with E-state index >= 15 is 0 Å². The fourth-order valence-electron chi connectivity index (χ4n) is 2.75. The number of ether oxygens (including phenoxy) is 1. The first kappa shape index (κ1) is 16.0. The van der Waals surface area contributed by atoms with Crippen molar-refractivity contribution >= 4 is 17.2 Å². The van der Waals surface area contributed by atoms with Crippen molar-refractivity contribution in [3.63, 3.8) is 0 Å². The molecule has 1 atom stereocenters. The second kappa shape index (κ2) is 7.10. The summed E-state index contributed by atoms with van der Waals surface area (Å²) in [6, 6.07) is 7.78. The molecule has 5 nitrogen and oxygen atoms in total. The van der Waals surface area contributed by atoms with Crippen LogP contribution >= 0.6 is 11.3 Å². The Morgan fingerprint density at radius 1 is 1.43 bits per heavy atom. The van der Waals surface area contributed by atoms with E-state index in [4.69, 9.17) is 9.72 Å². The summed E-state index contributed by atoms with van der Waals surface area (Å²) in [7, 11) is 1.67. The zero-order chi connectivity index (χ0) is 16.2. The molecule has 122 valence electrons. The molecule has 2 heterocycles. The summed E-state index contributed by atoms with van der Waals surface area (Å²) in [6.45, 7) is 4.30. The molecule has 1 aromatic carbocycles. The highest BCUT2D eigenvalue weighted by Crippen LogP contribution is 2.32. The number of rotatable bonds is 4. The van der Waals surface area contributed by atoms with Crippen LogP contribution in [0.25, 0.3) is 10.6 Å². The van der Waals surface area contributed by atoms with Gasteiger partial charge in [0.15, 0.2) is 0 Å². The molecule has 6 heteroatoms. The van der Waals surface area contributed by atoms with Crippen LogP contribution in [0.1, 0.15) is 19.0 Å². The summed E-state index contributed by atoms with van der Waals surface area (Å²) in [5.74, 6) is 0.929. The Kier molecular flexibility index (Phi) is 4.93. The first-order valence-electron chi connectivity index (χ1n) is 7.78. The van der Waals surface area contributed by atoms with Gasteiger partial charge in [-0.3, -0.25) is 9.69 Å². The summed E-state index contributed by atoms with van der Waals surface area (Å²) < 4.78 is 5.41. The molecular weight excluding hydrogens is 310 g/mol. The van der Waals surface area contributed by atoms with Crippen LogP contribution in [-0.4, -0.2) is 42.0 Å². The maximum absolute atomic E-state index is 11.9. The average Bonchev–Trinajstić information content (AvgIpc) is 2.98. The second-order valence-corrected chi connectivity index (χ2v) is 6.49. The topological polar surface area (TPSA) is 54.5 Å². The van der Waals surface area contributed by atoms with Gasteiger partial charge in [-0.1, -0.05) is 12.1 Å². The number of nitrogens with one attached hydrogen (secondary N) is 1. The van der Waals surface area contributed by atoms with E-state index in [1.807, 2.05) is 31.2 Å². The van der Waals surface area contributed by atoms with E-state index in [1.165, 1.54) is 0 Å². The second-order valence-electron chi connectivity index (χ2n) is 5.64. The number of nitrogens with zero attached hydrogens (tertiary/aromatic N) is 2. The molecule has 23 heavy (non-hydrogen) atoms. The Hall–Kier alpha value is -1.92. The fourth-order valence-corrected chi connectivity index (χ4v) is 3.59. The van der Waals surface area contributed by atoms with E-state index in [0.717, 1.165) is 41.5 Å². The van der Waals surface area contributed by atoms with Crippen molar-refractivity contribution in [3.05, 3.63) is 35.3 Å². The van der Waals surface area contributed by atoms with Crippen molar-refractivity contribution in [2.24, 2.45) is 0 Å². The molecule has 1 aromatic heterocycles. The predicted octanol–water partition coefficient (Wildman–Crippen LogP) is 2.53. The summed E-state index contributed by atoms with van der Waals surface area (Å²) >= 11 is 1.61. The van der Waals surface area contributed by atoms with Gasteiger partial charge in [0, 0.05) is 25.0 Å². The number of hydrogen-bond acceptors (Lipinski definition) is 5. The third-order valence-electron chi connectivity index (χ3n) is 4.10. The van der Waals surface area contributed by atoms with Crippen molar-refractivity contribution in [3.8, 4) is 16.3 Å². The van der Waals surface area contributed by atoms with Crippen LogP contribution in [0.4, 0.5) is 0 Å². The smallest absolute Gasteiger partial charge is 0.237 e. The number of hydrogen-bond donors (Lipinski definition) is 1. The zero-order valence-corrected chi connectivity index (χ0v) is 14.2. The highest BCUT2D eigenvalue weighted by atomic mass is 32.1. The average molecular weight is 331 g/mol. The highest BCUT2D eigenvalue weighted by Gasteiger charge is 2.24. The Balaban J connectivity index is 1.78. The number of benzene rings is 1. The van der Waals surface area contributed by atoms with Gasteiger partial charge in [-0.25, -0.2) is 4.98 Å². The summed E-state index contributed by atoms with van der Waals surface area (Å²) in [4.78, 5) is 18.9. The molecule has 1 aliphatic rings. The summed E-state index contributed by atoms with van der Waals surface area (Å²) in [5, 5.41) is 5.96. The molecule has 3 rings (SSSR count). The van der Waals surface area contributed by atoms with Gasteiger partial charge < -0.3 is 10.1 Å². The molecule has 2 aromatic rings. The van der Waals surface area contributed by atoms with E-state index in [9.17, 15) is 4.79 Å². The van der Waals surface area contributed by atoms with Crippen molar-refractivity contribution in [2.45, 2.75) is 25.9 Å². The predicted molar refractivity (Wildman–Crippen MR) is 91.6 cm³/mol. The number of carbonyl (C=O) groups excluding carboxylic acids is 1. The normalized spacial score (nSPS) is 19.2. The molecular formula is C17H21N3O2S. The van der Waals surface area contributed by atoms with Crippen LogP contribution in [0.15, 0.2) is 29.6 Å². The first-order chi connectivity index (χ1) is 11.2. The highest BCUT2D eigenvalue weighted by molar-refractivity contribution is 7.13. The minimum Gasteiger partial charge on any atom is -0.496 e. The largest absolute Gasteiger partial charge is 0.496 e. The lowest BCUT2D eigenvalue weighted by atomic mass is 10.2. The van der Waals surface area contributed by atoms with Crippen LogP contribution in [0, 0.1) is 0 Å². The van der Waals surface area contributed by atoms with E-state index < -0.39 is 0 Å². The van der Waals surface area contributed by atoms with Gasteiger partial charge in [-0.05, 0) is 25.5 Å². The van der Waals surface area contributed by atoms with E-state index in [-0.39, 0.29) is 11.9 Å². The molecule has 0 bridgehead atoms. The van der Waals surface area contributed by atoms with Crippen molar-refractivity contribution < 1.29 is 9.53 Å². The Morgan fingerprint density at radius 2 is 2.26 bits per heavy atom. The minimum atomic E-state index is -0.117. The lowest BCUT2D eigenvalue weighted by Crippen LogP contribution is -2.41. The molecule has 1 aliphatic heterocycles. The fraction of sp³-hybridized carbons (Fsp3) is 0.412. The number of aromatic nitrogens is 1. The standard InChI is InChI=1S/C17H21N3O2S/c1-12-16(21)18-8-5-9-20(12)10-13-11-23-17(19-13)14-6-3-4-7-15(14)22-2/h3-4,6-7,11-12H,5,8-10H2,1-2H3,(H,18,21). The van der Waals surface area contributed by atoms with Gasteiger partial charge in [-0.2, -0.15) is 0 Å². The SMILES string of the molecule is COc1ccccc1-c1nc(CN2CCCNC(=O)C2C)cs1. The third-order valence-corrected chi connectivity index (χ3v) is 5.03. The monoisotopic (exact) mass is 331 g/mol. The third kappa shape index (κ3) is 3.54. The zero-order valence-electron chi connectivity index (χ0n) is 13.4. The lowest BCUT2D eigenvalue weighted by molar-refractivity contribution is -0.125. The Morgan fingerprint density at radius 3 is 3.09 bits per heavy atom. The van der Waals surface area contributed by atoms with Gasteiger partial charge in [-0.15, -0.1) is 11.3 Å². The molecule has 1 fully saturated rings. The van der Waals surface area contributed by atoms with Gasteiger partial charge in [0.25, 0.3) is 0 Å². The van der Waals surface area contributed by atoms with Gasteiger partial charge in [0.05, 0.1) is 24.4 Å². The number of thiazole rings is 1. The molecule has 1 N–H and O–H groups in total. The Bertz CT molecular complexity index is 686. The van der Waals surface area contributed by atoms with Crippen molar-refractivity contribution in [2.75, 3.05) is 20.2 Å². The van der Waals surface area contributed by atoms with Crippen LogP contribution < -0.4 is 10.1 Å². The number of methoxy groups -OCH3 is 1. The Labute approximate surface area is 140 Å². The molecule has 1 saturated heterocycles. The number of amides is 1. The number of carbonyl (C=O) groups is 1. The van der Waals surface area contributed by atoms with Gasteiger partial charge in [0.1, 0.15) is 10.8 Å². The molecule has 0 radical (unpaired) electrons. The minimum absolute atomic E-state index is 0.0997. The van der Waals surface area contributed by atoms with Gasteiger partial charge >= 0.3 is 0 Å². The summed E-state index contributed by atoms with van der Waals surface area (Å²) in [6.07, 6.45) is 0.972. The molecule has 1 unspecified atom stereocenters. The quantitative estimate of drug-likeness (QED) is 0.935. The maximum Gasteiger partial charge on any atom is 0.237 e. The molecule has 0 spiro atoms. The van der Waals surface area contributed by atoms with Crippen molar-refractivity contribution in [1.29, 1.82) is 0 Å². The molecule has 1 amide bonds. The van der Waals surface area contributed by atoms with Crippen LogP contribution in [-0.2, 0) is 11.3 Å². The van der Waals surface area contributed by atoms with E-state index in [1.54, 1.807) is 18.4 Å². The van der Waals surface area contributed by atoms with Crippen LogP contribution in [0.5, 0.6) is 5.75 Å². The van der Waals surface area contributed by atoms with Crippen LogP contribution in [0.3, 0.4) is 0 Å². The molecule has 0 saturated carbocycles. The molecule has 0 aliphatic carbocycles. The van der Waals surface area contributed by atoms with E-state index in [0.29, 0.717) is 6.54 Å². The van der Waals surface area contributed by atoms with Gasteiger partial charge in [0.2, 0.25) is 5.91 Å². The first-order valence-corrected chi connectivity index (χ1v) is 8.66. The summed E-state index contributed by atoms with van der Waals surface area (Å²) in [5.41, 5.74) is 2.00. The lowest BCUT2D eigenvalue weighted by Gasteiger charge is -2.24. The van der Waals surface area contributed by atoms with Crippen molar-refractivity contribution in [1.82, 2.24) is 15.2 Å². The maximum atomic E-state index is 11.9. The van der Waals surface area contributed by atoms with Crippen LogP contribution in [0.2, 0.25) is 0 Å². The number of para-hydroxylation sites is 1. The van der Waals surface area contributed by atoms with E-state index in [2.05, 4.69) is 15.6 Å².